The standard InChI is InChI=1S/C36H42N4O5S3/c1-36(2)20-22-40(23-21-36)31-14-12-30(13-15-31)35(41)38-48(44,45)34-18-10-29(11-19-34)27-39(24-25-46-32-6-4-3-5-7-32)26-28-8-16-33(17-9-28)47(37,42)43/h3-19H,20-27H2,1-2H3,(H,38,41)(H2,37,42,43). The molecule has 1 fully saturated rings. The molecule has 48 heavy (non-hydrogen) atoms. The Kier molecular flexibility index (Phi) is 11.3. The predicted octanol–water partition coefficient (Wildman–Crippen LogP) is 5.87. The van der Waals surface area contributed by atoms with Gasteiger partial charge in [-0.15, -0.1) is 11.8 Å². The smallest absolute Gasteiger partial charge is 0.264 e. The van der Waals surface area contributed by atoms with Gasteiger partial charge in [-0.25, -0.2) is 26.7 Å². The Labute approximate surface area is 288 Å². The van der Waals surface area contributed by atoms with Gasteiger partial charge in [0.1, 0.15) is 0 Å². The highest BCUT2D eigenvalue weighted by Crippen LogP contribution is 2.32. The van der Waals surface area contributed by atoms with Crippen molar-refractivity contribution in [2.24, 2.45) is 10.6 Å². The van der Waals surface area contributed by atoms with Crippen LogP contribution in [0, 0.1) is 5.41 Å². The topological polar surface area (TPSA) is 130 Å². The lowest BCUT2D eigenvalue weighted by molar-refractivity contribution is 0.0981. The van der Waals surface area contributed by atoms with E-state index in [0.717, 1.165) is 59.9 Å². The van der Waals surface area contributed by atoms with E-state index in [2.05, 4.69) is 40.5 Å². The zero-order valence-corrected chi connectivity index (χ0v) is 29.7. The molecule has 5 rings (SSSR count). The van der Waals surface area contributed by atoms with E-state index in [9.17, 15) is 21.6 Å². The molecule has 1 saturated heterocycles. The highest BCUT2D eigenvalue weighted by molar-refractivity contribution is 7.99. The Bertz CT molecular complexity index is 1890. The zero-order chi connectivity index (χ0) is 34.4. The molecule has 3 N–H and O–H groups in total. The number of nitrogens with one attached hydrogen (secondary N) is 1. The summed E-state index contributed by atoms with van der Waals surface area (Å²) in [5, 5.41) is 5.26. The number of primary sulfonamides is 1. The van der Waals surface area contributed by atoms with Crippen LogP contribution < -0.4 is 14.8 Å². The number of nitrogens with zero attached hydrogens (tertiary/aromatic N) is 2. The summed E-state index contributed by atoms with van der Waals surface area (Å²) in [6.07, 6.45) is 2.18. The number of hydrogen-bond donors (Lipinski definition) is 2. The summed E-state index contributed by atoms with van der Waals surface area (Å²) >= 11 is 1.73. The maximum absolute atomic E-state index is 13.1. The number of piperidine rings is 1. The summed E-state index contributed by atoms with van der Waals surface area (Å²) in [6.45, 7) is 8.24. The van der Waals surface area contributed by atoms with Crippen LogP contribution in [0.15, 0.2) is 118 Å². The van der Waals surface area contributed by atoms with Gasteiger partial charge in [-0.3, -0.25) is 9.69 Å². The first-order chi connectivity index (χ1) is 22.8. The molecule has 0 unspecified atom stereocenters. The van der Waals surface area contributed by atoms with E-state index in [0.29, 0.717) is 18.5 Å². The van der Waals surface area contributed by atoms with E-state index in [-0.39, 0.29) is 15.4 Å². The number of carbonyl (C=O) groups excluding carboxylic acids is 1. The molecule has 0 atom stereocenters. The number of amides is 1. The molecule has 4 aromatic carbocycles. The van der Waals surface area contributed by atoms with Crippen LogP contribution in [-0.2, 0) is 33.1 Å². The fourth-order valence-corrected chi connectivity index (χ4v) is 7.96. The Morgan fingerprint density at radius 2 is 1.33 bits per heavy atom. The number of sulfonamides is 2. The van der Waals surface area contributed by atoms with E-state index in [1.807, 2.05) is 30.3 Å². The molecule has 0 spiro atoms. The summed E-state index contributed by atoms with van der Waals surface area (Å²) in [5.74, 6) is 0.135. The summed E-state index contributed by atoms with van der Waals surface area (Å²) in [6, 6.07) is 30.1. The van der Waals surface area contributed by atoms with Gasteiger partial charge in [0.2, 0.25) is 10.0 Å². The van der Waals surface area contributed by atoms with E-state index in [1.54, 1.807) is 48.2 Å². The van der Waals surface area contributed by atoms with Crippen LogP contribution in [0.2, 0.25) is 0 Å². The second kappa shape index (κ2) is 15.3. The van der Waals surface area contributed by atoms with E-state index < -0.39 is 26.0 Å². The van der Waals surface area contributed by atoms with E-state index >= 15 is 0 Å². The number of carbonyl (C=O) groups is 1. The quantitative estimate of drug-likeness (QED) is 0.165. The van der Waals surface area contributed by atoms with Gasteiger partial charge in [-0.1, -0.05) is 56.3 Å². The second-order valence-corrected chi connectivity index (χ2v) is 17.2. The van der Waals surface area contributed by atoms with Gasteiger partial charge in [0.05, 0.1) is 9.79 Å². The first-order valence-corrected chi connectivity index (χ1v) is 19.8. The van der Waals surface area contributed by atoms with Gasteiger partial charge in [-0.05, 0) is 90.0 Å². The molecule has 1 aliphatic rings. The fraction of sp³-hybridized carbons (Fsp3) is 0.306. The van der Waals surface area contributed by atoms with E-state index in [4.69, 9.17) is 5.14 Å². The van der Waals surface area contributed by atoms with Gasteiger partial charge in [0, 0.05) is 54.6 Å². The molecular weight excluding hydrogens is 665 g/mol. The van der Waals surface area contributed by atoms with Gasteiger partial charge in [-0.2, -0.15) is 0 Å². The third-order valence-corrected chi connectivity index (χ3v) is 11.8. The minimum absolute atomic E-state index is 0.00285. The lowest BCUT2D eigenvalue weighted by Crippen LogP contribution is -2.37. The minimum atomic E-state index is -4.09. The largest absolute Gasteiger partial charge is 0.371 e. The van der Waals surface area contributed by atoms with Crippen LogP contribution >= 0.6 is 11.8 Å². The minimum Gasteiger partial charge on any atom is -0.371 e. The first kappa shape index (κ1) is 35.6. The number of rotatable bonds is 13. The molecule has 4 aromatic rings. The molecule has 0 bridgehead atoms. The van der Waals surface area contributed by atoms with Crippen molar-refractivity contribution in [3.63, 3.8) is 0 Å². The molecule has 1 heterocycles. The SMILES string of the molecule is CC1(C)CCN(c2ccc(C(=O)NS(=O)(=O)c3ccc(CN(CCSc4ccccc4)Cc4ccc(S(N)(=O)=O)cc4)cc3)cc2)CC1. The molecule has 9 nitrogen and oxygen atoms in total. The molecular formula is C36H42N4O5S3. The molecule has 0 aromatic heterocycles. The van der Waals surface area contributed by atoms with Crippen molar-refractivity contribution >= 4 is 43.4 Å². The summed E-state index contributed by atoms with van der Waals surface area (Å²) < 4.78 is 51.9. The molecule has 0 aliphatic carbocycles. The lowest BCUT2D eigenvalue weighted by Gasteiger charge is -2.38. The third-order valence-electron chi connectivity index (χ3n) is 8.56. The van der Waals surface area contributed by atoms with Crippen LogP contribution in [0.25, 0.3) is 0 Å². The van der Waals surface area contributed by atoms with Crippen LogP contribution in [0.3, 0.4) is 0 Å². The lowest BCUT2D eigenvalue weighted by atomic mass is 9.82. The Balaban J connectivity index is 1.22. The summed E-state index contributed by atoms with van der Waals surface area (Å²) in [4.78, 5) is 18.6. The van der Waals surface area contributed by atoms with Crippen molar-refractivity contribution in [1.82, 2.24) is 9.62 Å². The zero-order valence-electron chi connectivity index (χ0n) is 27.2. The first-order valence-electron chi connectivity index (χ1n) is 15.8. The van der Waals surface area contributed by atoms with Crippen molar-refractivity contribution < 1.29 is 21.6 Å². The fourth-order valence-electron chi connectivity index (χ4n) is 5.53. The van der Waals surface area contributed by atoms with Crippen LogP contribution in [-0.4, -0.2) is 53.0 Å². The summed E-state index contributed by atoms with van der Waals surface area (Å²) in [7, 11) is -7.88. The number of benzene rings is 4. The van der Waals surface area contributed by atoms with Crippen molar-refractivity contribution in [3.8, 4) is 0 Å². The number of anilines is 1. The molecule has 12 heteroatoms. The average Bonchev–Trinajstić information content (AvgIpc) is 3.05. The van der Waals surface area contributed by atoms with Crippen molar-refractivity contribution in [3.05, 3.63) is 120 Å². The Morgan fingerprint density at radius 3 is 1.88 bits per heavy atom. The van der Waals surface area contributed by atoms with Crippen molar-refractivity contribution in [2.45, 2.75) is 54.5 Å². The predicted molar refractivity (Wildman–Crippen MR) is 192 cm³/mol. The van der Waals surface area contributed by atoms with Gasteiger partial charge in [0.25, 0.3) is 15.9 Å². The van der Waals surface area contributed by atoms with Crippen molar-refractivity contribution in [2.75, 3.05) is 30.3 Å². The number of thioether (sulfide) groups is 1. The maximum atomic E-state index is 13.1. The van der Waals surface area contributed by atoms with Gasteiger partial charge >= 0.3 is 0 Å². The molecule has 1 amide bonds. The normalized spacial score (nSPS) is 15.0. The third kappa shape index (κ3) is 9.93. The highest BCUT2D eigenvalue weighted by atomic mass is 32.2. The molecule has 0 radical (unpaired) electrons. The molecule has 0 saturated carbocycles. The summed E-state index contributed by atoms with van der Waals surface area (Å²) in [5.41, 5.74) is 3.44. The van der Waals surface area contributed by atoms with Crippen LogP contribution in [0.1, 0.15) is 48.2 Å². The maximum Gasteiger partial charge on any atom is 0.264 e. The monoisotopic (exact) mass is 706 g/mol. The Morgan fingerprint density at radius 1 is 0.792 bits per heavy atom. The molecule has 1 aliphatic heterocycles. The average molecular weight is 707 g/mol. The number of nitrogens with two attached hydrogens (primary N) is 1. The van der Waals surface area contributed by atoms with Crippen molar-refractivity contribution in [1.29, 1.82) is 0 Å². The number of hydrogen-bond acceptors (Lipinski definition) is 8. The Hall–Kier alpha value is -3.68. The van der Waals surface area contributed by atoms with Gasteiger partial charge in [0.15, 0.2) is 0 Å². The van der Waals surface area contributed by atoms with Crippen LogP contribution in [0.5, 0.6) is 0 Å². The molecule has 254 valence electrons. The van der Waals surface area contributed by atoms with Crippen LogP contribution in [0.4, 0.5) is 5.69 Å². The second-order valence-electron chi connectivity index (χ2n) is 12.8. The highest BCUT2D eigenvalue weighted by Gasteiger charge is 2.26. The van der Waals surface area contributed by atoms with Gasteiger partial charge < -0.3 is 4.90 Å². The van der Waals surface area contributed by atoms with E-state index in [1.165, 1.54) is 24.3 Å².